The lowest BCUT2D eigenvalue weighted by molar-refractivity contribution is -0.137. The lowest BCUT2D eigenvalue weighted by atomic mass is 9.93. The molecule has 0 aromatic heterocycles. The van der Waals surface area contributed by atoms with Crippen molar-refractivity contribution in [2.45, 2.75) is 19.3 Å². The Labute approximate surface area is 237 Å². The molecule has 2 aromatic carbocycles. The Morgan fingerprint density at radius 2 is 1.57 bits per heavy atom. The molecule has 0 saturated carbocycles. The fraction of sp³-hybridized carbons (Fsp3) is 0.276. The zero-order chi connectivity index (χ0) is 30.7. The van der Waals surface area contributed by atoms with Crippen LogP contribution in [-0.2, 0) is 11.0 Å². The van der Waals surface area contributed by atoms with E-state index in [4.69, 9.17) is 10.1 Å². The Morgan fingerprint density at radius 3 is 2.14 bits per heavy atom. The number of nitrogens with zero attached hydrogens (tertiary/aromatic N) is 1. The summed E-state index contributed by atoms with van der Waals surface area (Å²) >= 11 is 0. The van der Waals surface area contributed by atoms with E-state index in [1.165, 1.54) is 37.4 Å². The van der Waals surface area contributed by atoms with E-state index < -0.39 is 30.4 Å². The lowest BCUT2D eigenvalue weighted by Crippen LogP contribution is -2.52. The first kappa shape index (κ1) is 30.4. The number of likely N-dealkylation sites (tertiary alicyclic amines) is 1. The number of benzene rings is 2. The van der Waals surface area contributed by atoms with Gasteiger partial charge in [0, 0.05) is 48.5 Å². The Hall–Kier alpha value is -4.55. The molecule has 4 rings (SSSR count). The van der Waals surface area contributed by atoms with Gasteiger partial charge in [0.05, 0.1) is 11.3 Å². The van der Waals surface area contributed by atoms with Crippen molar-refractivity contribution in [1.29, 1.82) is 5.41 Å². The van der Waals surface area contributed by atoms with E-state index in [0.29, 0.717) is 42.1 Å². The minimum Gasteiger partial charge on any atom is -0.457 e. The standard InChI is InChI=1S/C29H26F6N4O3/c1-17-10-25(36)20(11-24(17)26(40)38-16-28(30,31)32)13-37-12-18-14-39(15-18)27(41)19-2-6-22(7-3-19)42-23-8-4-21(5-9-23)29(33,34)35/h2-11,13,18,36-37H,12,14-16H2,1H3,(H,38,40)/b20-13-,36-25?. The Bertz CT molecular complexity index is 1440. The highest BCUT2D eigenvalue weighted by Gasteiger charge is 2.32. The fourth-order valence-electron chi connectivity index (χ4n) is 4.26. The number of hydrogen-bond acceptors (Lipinski definition) is 5. The van der Waals surface area contributed by atoms with Gasteiger partial charge in [-0.3, -0.25) is 9.59 Å². The quantitative estimate of drug-likeness (QED) is 0.347. The Kier molecular flexibility index (Phi) is 8.78. The Morgan fingerprint density at radius 1 is 0.976 bits per heavy atom. The van der Waals surface area contributed by atoms with Crippen LogP contribution in [0.15, 0.2) is 83.6 Å². The molecule has 42 heavy (non-hydrogen) atoms. The van der Waals surface area contributed by atoms with Crippen molar-refractivity contribution in [1.82, 2.24) is 15.5 Å². The van der Waals surface area contributed by atoms with E-state index in [0.717, 1.165) is 12.1 Å². The van der Waals surface area contributed by atoms with Crippen LogP contribution >= 0.6 is 0 Å². The highest BCUT2D eigenvalue weighted by Crippen LogP contribution is 2.31. The lowest BCUT2D eigenvalue weighted by Gasteiger charge is -2.39. The van der Waals surface area contributed by atoms with Crippen molar-refractivity contribution in [2.24, 2.45) is 5.92 Å². The number of carbonyl (C=O) groups is 2. The van der Waals surface area contributed by atoms with Gasteiger partial charge < -0.3 is 25.7 Å². The first-order chi connectivity index (χ1) is 19.7. The average Bonchev–Trinajstić information content (AvgIpc) is 2.89. The molecule has 0 bridgehead atoms. The second kappa shape index (κ2) is 12.1. The second-order valence-corrected chi connectivity index (χ2v) is 9.83. The molecule has 1 fully saturated rings. The summed E-state index contributed by atoms with van der Waals surface area (Å²) in [7, 11) is 0. The number of amides is 2. The molecule has 3 N–H and O–H groups in total. The van der Waals surface area contributed by atoms with Gasteiger partial charge in [0.2, 0.25) is 0 Å². The van der Waals surface area contributed by atoms with E-state index >= 15 is 0 Å². The molecule has 0 atom stereocenters. The van der Waals surface area contributed by atoms with Gasteiger partial charge in [-0.15, -0.1) is 0 Å². The molecular weight excluding hydrogens is 566 g/mol. The number of carbonyl (C=O) groups excluding carboxylic acids is 2. The second-order valence-electron chi connectivity index (χ2n) is 9.83. The van der Waals surface area contributed by atoms with E-state index in [-0.39, 0.29) is 28.9 Å². The zero-order valence-electron chi connectivity index (χ0n) is 22.2. The monoisotopic (exact) mass is 592 g/mol. The molecule has 1 heterocycles. The summed E-state index contributed by atoms with van der Waals surface area (Å²) in [4.78, 5) is 26.6. The number of alkyl halides is 6. The third-order valence-corrected chi connectivity index (χ3v) is 6.52. The fourth-order valence-corrected chi connectivity index (χ4v) is 4.26. The molecule has 222 valence electrons. The molecule has 0 unspecified atom stereocenters. The van der Waals surface area contributed by atoms with E-state index in [1.54, 1.807) is 29.2 Å². The number of hydrogen-bond donors (Lipinski definition) is 3. The smallest absolute Gasteiger partial charge is 0.416 e. The van der Waals surface area contributed by atoms with E-state index in [9.17, 15) is 35.9 Å². The summed E-state index contributed by atoms with van der Waals surface area (Å²) in [5.41, 5.74) is 0.493. The highest BCUT2D eigenvalue weighted by molar-refractivity contribution is 6.14. The third-order valence-electron chi connectivity index (χ3n) is 6.52. The van der Waals surface area contributed by atoms with Crippen molar-refractivity contribution in [3.05, 3.63) is 94.7 Å². The van der Waals surface area contributed by atoms with Gasteiger partial charge in [0.1, 0.15) is 18.0 Å². The molecule has 0 radical (unpaired) electrons. The predicted octanol–water partition coefficient (Wildman–Crippen LogP) is 5.63. The van der Waals surface area contributed by atoms with Gasteiger partial charge in [-0.05, 0) is 73.2 Å². The maximum absolute atomic E-state index is 12.8. The van der Waals surface area contributed by atoms with Crippen molar-refractivity contribution >= 4 is 17.5 Å². The van der Waals surface area contributed by atoms with Gasteiger partial charge >= 0.3 is 12.4 Å². The largest absolute Gasteiger partial charge is 0.457 e. The summed E-state index contributed by atoms with van der Waals surface area (Å²) in [6.45, 7) is 1.49. The molecule has 2 aromatic rings. The van der Waals surface area contributed by atoms with E-state index in [2.05, 4.69) is 5.32 Å². The molecule has 1 aliphatic carbocycles. The van der Waals surface area contributed by atoms with Gasteiger partial charge in [0.15, 0.2) is 0 Å². The van der Waals surface area contributed by atoms with Crippen LogP contribution in [0, 0.1) is 11.3 Å². The normalized spacial score (nSPS) is 16.9. The third kappa shape index (κ3) is 7.80. The summed E-state index contributed by atoms with van der Waals surface area (Å²) in [5, 5.41) is 13.0. The molecule has 2 aliphatic rings. The highest BCUT2D eigenvalue weighted by atomic mass is 19.4. The summed E-state index contributed by atoms with van der Waals surface area (Å²) in [5.74, 6) is -0.384. The summed E-state index contributed by atoms with van der Waals surface area (Å²) in [6, 6.07) is 10.5. The van der Waals surface area contributed by atoms with Crippen LogP contribution in [0.2, 0.25) is 0 Å². The van der Waals surface area contributed by atoms with Crippen LogP contribution in [0.4, 0.5) is 26.3 Å². The van der Waals surface area contributed by atoms with Crippen LogP contribution in [0.5, 0.6) is 11.5 Å². The maximum atomic E-state index is 12.8. The molecule has 1 saturated heterocycles. The van der Waals surface area contributed by atoms with Crippen LogP contribution in [-0.4, -0.2) is 54.8 Å². The number of halogens is 6. The molecular formula is C29H26F6N4O3. The van der Waals surface area contributed by atoms with Crippen molar-refractivity contribution < 1.29 is 40.7 Å². The molecule has 0 spiro atoms. The van der Waals surface area contributed by atoms with Crippen molar-refractivity contribution in [3.63, 3.8) is 0 Å². The number of rotatable bonds is 8. The average molecular weight is 593 g/mol. The van der Waals surface area contributed by atoms with Gasteiger partial charge in [-0.25, -0.2) is 0 Å². The molecule has 7 nitrogen and oxygen atoms in total. The minimum atomic E-state index is -4.54. The van der Waals surface area contributed by atoms with Crippen molar-refractivity contribution in [2.75, 3.05) is 26.2 Å². The van der Waals surface area contributed by atoms with Gasteiger partial charge in [-0.2, -0.15) is 26.3 Å². The van der Waals surface area contributed by atoms with Crippen LogP contribution in [0.1, 0.15) is 22.8 Å². The first-order valence-corrected chi connectivity index (χ1v) is 12.7. The predicted molar refractivity (Wildman–Crippen MR) is 142 cm³/mol. The summed E-state index contributed by atoms with van der Waals surface area (Å²) < 4.78 is 81.0. The van der Waals surface area contributed by atoms with Gasteiger partial charge in [0.25, 0.3) is 11.8 Å². The zero-order valence-corrected chi connectivity index (χ0v) is 22.2. The SMILES string of the molecule is CC1=CC(=N)/C(=C\NCC2CN(C(=O)c3ccc(Oc4ccc(C(F)(F)F)cc4)cc3)C2)C=C1C(=O)NCC(F)(F)F. The minimum absolute atomic E-state index is 0.0412. The van der Waals surface area contributed by atoms with Crippen LogP contribution in [0.3, 0.4) is 0 Å². The molecule has 2 amide bonds. The number of allylic oxidation sites excluding steroid dienone is 3. The number of ether oxygens (including phenoxy) is 1. The van der Waals surface area contributed by atoms with Crippen LogP contribution in [0.25, 0.3) is 0 Å². The summed E-state index contributed by atoms with van der Waals surface area (Å²) in [6.07, 6.45) is -4.70. The van der Waals surface area contributed by atoms with Crippen LogP contribution < -0.4 is 15.4 Å². The first-order valence-electron chi connectivity index (χ1n) is 12.7. The van der Waals surface area contributed by atoms with Crippen molar-refractivity contribution in [3.8, 4) is 11.5 Å². The topological polar surface area (TPSA) is 94.5 Å². The number of nitrogens with one attached hydrogen (secondary N) is 3. The van der Waals surface area contributed by atoms with Gasteiger partial charge in [-0.1, -0.05) is 0 Å². The Balaban J connectivity index is 1.25. The molecule has 1 aliphatic heterocycles. The van der Waals surface area contributed by atoms with E-state index in [1.807, 2.05) is 5.32 Å². The molecule has 13 heteroatoms. The maximum Gasteiger partial charge on any atom is 0.416 e.